The molecule has 1 aromatic heterocycles. The molecule has 2 aromatic carbocycles. The van der Waals surface area contributed by atoms with Gasteiger partial charge in [0, 0.05) is 23.7 Å². The van der Waals surface area contributed by atoms with E-state index >= 15 is 0 Å². The second kappa shape index (κ2) is 8.57. The molecule has 0 aliphatic rings. The molecule has 0 saturated carbocycles. The van der Waals surface area contributed by atoms with Crippen LogP contribution in [0.4, 0.5) is 0 Å². The quantitative estimate of drug-likeness (QED) is 0.548. The molecule has 0 radical (unpaired) electrons. The van der Waals surface area contributed by atoms with Crippen LogP contribution in [-0.2, 0) is 13.1 Å². The van der Waals surface area contributed by atoms with Crippen molar-refractivity contribution in [2.75, 3.05) is 6.54 Å². The fourth-order valence-corrected chi connectivity index (χ4v) is 3.50. The number of aryl methyl sites for hydroxylation is 1. The van der Waals surface area contributed by atoms with Gasteiger partial charge in [-0.15, -0.1) is 0 Å². The highest BCUT2D eigenvalue weighted by molar-refractivity contribution is 6.31. The second-order valence-electron chi connectivity index (χ2n) is 7.26. The van der Waals surface area contributed by atoms with Crippen molar-refractivity contribution in [1.29, 1.82) is 0 Å². The largest absolute Gasteiger partial charge is 0.331 e. The van der Waals surface area contributed by atoms with Gasteiger partial charge in [-0.3, -0.25) is 4.79 Å². The van der Waals surface area contributed by atoms with Gasteiger partial charge < -0.3 is 9.47 Å². The van der Waals surface area contributed by atoms with Gasteiger partial charge in [0.05, 0.1) is 17.6 Å². The molecule has 1 heterocycles. The number of rotatable bonds is 7. The predicted octanol–water partition coefficient (Wildman–Crippen LogP) is 5.40. The third-order valence-corrected chi connectivity index (χ3v) is 4.70. The number of fused-ring (bicyclic) bond motifs is 1. The first-order valence-corrected chi connectivity index (χ1v) is 9.86. The number of amides is 1. The molecule has 3 rings (SSSR count). The van der Waals surface area contributed by atoms with Crippen molar-refractivity contribution in [3.63, 3.8) is 0 Å². The molecule has 0 bridgehead atoms. The number of imidazole rings is 1. The SMILES string of the molecule is CCCn1c(CN(CC(C)C)C(=O)c2ccccc2)nc2ccc(Cl)cc21. The first-order chi connectivity index (χ1) is 13.0. The molecule has 5 heteroatoms. The summed E-state index contributed by atoms with van der Waals surface area (Å²) in [5, 5.41) is 0.700. The third kappa shape index (κ3) is 4.51. The zero-order valence-electron chi connectivity index (χ0n) is 16.2. The van der Waals surface area contributed by atoms with E-state index in [1.165, 1.54) is 0 Å². The Morgan fingerprint density at radius 3 is 2.59 bits per heavy atom. The Bertz CT molecular complexity index is 918. The lowest BCUT2D eigenvalue weighted by atomic mass is 10.1. The van der Waals surface area contributed by atoms with Crippen molar-refractivity contribution in [2.45, 2.75) is 40.3 Å². The van der Waals surface area contributed by atoms with Crippen LogP contribution in [0.5, 0.6) is 0 Å². The summed E-state index contributed by atoms with van der Waals surface area (Å²) in [7, 11) is 0. The first-order valence-electron chi connectivity index (χ1n) is 9.48. The van der Waals surface area contributed by atoms with Gasteiger partial charge in [0.1, 0.15) is 5.82 Å². The normalized spacial score (nSPS) is 11.3. The molecular weight excluding hydrogens is 358 g/mol. The molecule has 4 nitrogen and oxygen atoms in total. The molecule has 0 fully saturated rings. The number of carbonyl (C=O) groups excluding carboxylic acids is 1. The maximum atomic E-state index is 13.1. The van der Waals surface area contributed by atoms with E-state index in [1.54, 1.807) is 0 Å². The maximum Gasteiger partial charge on any atom is 0.254 e. The average molecular weight is 384 g/mol. The van der Waals surface area contributed by atoms with Crippen LogP contribution in [0.25, 0.3) is 11.0 Å². The number of halogens is 1. The summed E-state index contributed by atoms with van der Waals surface area (Å²) in [5.74, 6) is 1.31. The van der Waals surface area contributed by atoms with Gasteiger partial charge in [0.2, 0.25) is 0 Å². The van der Waals surface area contributed by atoms with E-state index in [0.29, 0.717) is 29.6 Å². The molecule has 3 aromatic rings. The molecule has 0 atom stereocenters. The summed E-state index contributed by atoms with van der Waals surface area (Å²) in [6.07, 6.45) is 0.988. The number of nitrogens with zero attached hydrogens (tertiary/aromatic N) is 3. The maximum absolute atomic E-state index is 13.1. The van der Waals surface area contributed by atoms with Crippen LogP contribution in [0, 0.1) is 5.92 Å². The van der Waals surface area contributed by atoms with Crippen LogP contribution in [0.1, 0.15) is 43.4 Å². The summed E-state index contributed by atoms with van der Waals surface area (Å²) in [6.45, 7) is 8.41. The van der Waals surface area contributed by atoms with Crippen molar-refractivity contribution in [3.8, 4) is 0 Å². The van der Waals surface area contributed by atoms with E-state index in [9.17, 15) is 4.79 Å². The molecule has 142 valence electrons. The molecule has 1 amide bonds. The molecule has 0 unspecified atom stereocenters. The molecule has 0 aliphatic carbocycles. The summed E-state index contributed by atoms with van der Waals surface area (Å²) in [5.41, 5.74) is 2.65. The van der Waals surface area contributed by atoms with Crippen molar-refractivity contribution in [1.82, 2.24) is 14.5 Å². The Kier molecular flexibility index (Phi) is 6.17. The lowest BCUT2D eigenvalue weighted by molar-refractivity contribution is 0.0716. The highest BCUT2D eigenvalue weighted by atomic mass is 35.5. The van der Waals surface area contributed by atoms with Crippen molar-refractivity contribution in [3.05, 3.63) is 64.9 Å². The van der Waals surface area contributed by atoms with Crippen LogP contribution in [0.2, 0.25) is 5.02 Å². The van der Waals surface area contributed by atoms with E-state index in [-0.39, 0.29) is 5.91 Å². The van der Waals surface area contributed by atoms with E-state index < -0.39 is 0 Å². The van der Waals surface area contributed by atoms with E-state index in [2.05, 4.69) is 25.3 Å². The Hall–Kier alpha value is -2.33. The third-order valence-electron chi connectivity index (χ3n) is 4.46. The molecule has 0 spiro atoms. The van der Waals surface area contributed by atoms with Crippen LogP contribution in [0.3, 0.4) is 0 Å². The van der Waals surface area contributed by atoms with E-state index in [4.69, 9.17) is 16.6 Å². The van der Waals surface area contributed by atoms with Gasteiger partial charge in [-0.05, 0) is 42.7 Å². The standard InChI is InChI=1S/C22H26ClN3O/c1-4-12-26-20-13-18(23)10-11-19(20)24-21(26)15-25(14-16(2)3)22(27)17-8-6-5-7-9-17/h5-11,13,16H,4,12,14-15H2,1-3H3. The van der Waals surface area contributed by atoms with Crippen molar-refractivity contribution in [2.24, 2.45) is 5.92 Å². The minimum absolute atomic E-state index is 0.0393. The zero-order chi connectivity index (χ0) is 19.4. The Morgan fingerprint density at radius 1 is 1.19 bits per heavy atom. The number of benzene rings is 2. The minimum Gasteiger partial charge on any atom is -0.331 e. The van der Waals surface area contributed by atoms with Gasteiger partial charge in [0.25, 0.3) is 5.91 Å². The van der Waals surface area contributed by atoms with Crippen LogP contribution in [0.15, 0.2) is 48.5 Å². The van der Waals surface area contributed by atoms with Crippen LogP contribution in [-0.4, -0.2) is 26.9 Å². The van der Waals surface area contributed by atoms with Gasteiger partial charge in [-0.25, -0.2) is 4.98 Å². The minimum atomic E-state index is 0.0393. The Balaban J connectivity index is 1.98. The topological polar surface area (TPSA) is 38.1 Å². The average Bonchev–Trinajstić information content (AvgIpc) is 2.98. The molecule has 0 saturated heterocycles. The molecule has 0 aliphatic heterocycles. The molecule has 27 heavy (non-hydrogen) atoms. The van der Waals surface area contributed by atoms with Crippen molar-refractivity contribution >= 4 is 28.5 Å². The highest BCUT2D eigenvalue weighted by Gasteiger charge is 2.20. The lowest BCUT2D eigenvalue weighted by Crippen LogP contribution is -2.34. The fraction of sp³-hybridized carbons (Fsp3) is 0.364. The number of hydrogen-bond acceptors (Lipinski definition) is 2. The van der Waals surface area contributed by atoms with Crippen LogP contribution >= 0.6 is 11.6 Å². The Labute approximate surface area is 165 Å². The summed E-state index contributed by atoms with van der Waals surface area (Å²) in [4.78, 5) is 19.8. The summed E-state index contributed by atoms with van der Waals surface area (Å²) in [6, 6.07) is 15.2. The summed E-state index contributed by atoms with van der Waals surface area (Å²) < 4.78 is 2.19. The van der Waals surface area contributed by atoms with Crippen LogP contribution < -0.4 is 0 Å². The molecular formula is C22H26ClN3O. The second-order valence-corrected chi connectivity index (χ2v) is 7.69. The number of hydrogen-bond donors (Lipinski definition) is 0. The first kappa shape index (κ1) is 19.4. The molecule has 0 N–H and O–H groups in total. The van der Waals surface area contributed by atoms with E-state index in [0.717, 1.165) is 29.8 Å². The highest BCUT2D eigenvalue weighted by Crippen LogP contribution is 2.23. The number of carbonyl (C=O) groups is 1. The summed E-state index contributed by atoms with van der Waals surface area (Å²) >= 11 is 6.20. The lowest BCUT2D eigenvalue weighted by Gasteiger charge is -2.25. The Morgan fingerprint density at radius 2 is 1.93 bits per heavy atom. The zero-order valence-corrected chi connectivity index (χ0v) is 16.9. The van der Waals surface area contributed by atoms with Gasteiger partial charge in [-0.2, -0.15) is 0 Å². The predicted molar refractivity (Wildman–Crippen MR) is 111 cm³/mol. The van der Waals surface area contributed by atoms with Crippen molar-refractivity contribution < 1.29 is 4.79 Å². The smallest absolute Gasteiger partial charge is 0.254 e. The number of aromatic nitrogens is 2. The monoisotopic (exact) mass is 383 g/mol. The fourth-order valence-electron chi connectivity index (χ4n) is 3.33. The van der Waals surface area contributed by atoms with E-state index in [1.807, 2.05) is 53.4 Å². The van der Waals surface area contributed by atoms with Gasteiger partial charge in [-0.1, -0.05) is 50.6 Å². The van der Waals surface area contributed by atoms with Gasteiger partial charge >= 0.3 is 0 Å². The van der Waals surface area contributed by atoms with Gasteiger partial charge in [0.15, 0.2) is 0 Å².